The molecule has 1 aromatic carbocycles. The number of thioether (sulfide) groups is 1. The summed E-state index contributed by atoms with van der Waals surface area (Å²) in [6, 6.07) is 7.43. The number of hydrazine groups is 1. The highest BCUT2D eigenvalue weighted by molar-refractivity contribution is 7.98. The maximum absolute atomic E-state index is 12.1. The van der Waals surface area contributed by atoms with Gasteiger partial charge in [0.2, 0.25) is 5.91 Å². The Morgan fingerprint density at radius 1 is 1.23 bits per heavy atom. The molecule has 0 saturated heterocycles. The Labute approximate surface area is 133 Å². The Morgan fingerprint density at radius 3 is 2.64 bits per heavy atom. The highest BCUT2D eigenvalue weighted by atomic mass is 32.2. The van der Waals surface area contributed by atoms with Gasteiger partial charge in [-0.25, -0.2) is 0 Å². The number of amides is 2. The van der Waals surface area contributed by atoms with Crippen LogP contribution >= 0.6 is 11.8 Å². The molecule has 0 aliphatic heterocycles. The molecule has 116 valence electrons. The topological polar surface area (TPSA) is 86.9 Å². The zero-order valence-corrected chi connectivity index (χ0v) is 13.5. The smallest absolute Gasteiger partial charge is 0.269 e. The van der Waals surface area contributed by atoms with Crippen molar-refractivity contribution in [3.05, 3.63) is 46.8 Å². The number of aromatic nitrogens is 2. The van der Waals surface area contributed by atoms with Crippen LogP contribution in [-0.4, -0.2) is 28.3 Å². The molecular weight excluding hydrogens is 300 g/mol. The lowest BCUT2D eigenvalue weighted by atomic mass is 10.1. The maximum Gasteiger partial charge on any atom is 0.269 e. The first-order chi connectivity index (χ1) is 10.5. The van der Waals surface area contributed by atoms with Crippen LogP contribution in [-0.2, 0) is 11.2 Å². The van der Waals surface area contributed by atoms with E-state index in [0.29, 0.717) is 11.3 Å². The number of aryl methyl sites for hydroxylation is 2. The summed E-state index contributed by atoms with van der Waals surface area (Å²) in [4.78, 5) is 24.9. The van der Waals surface area contributed by atoms with Crippen molar-refractivity contribution >= 4 is 23.6 Å². The average molecular weight is 318 g/mol. The molecule has 0 saturated carbocycles. The highest BCUT2D eigenvalue weighted by Crippen LogP contribution is 2.18. The Bertz CT molecular complexity index is 697. The summed E-state index contributed by atoms with van der Waals surface area (Å²) in [5.41, 5.74) is 7.75. The number of carbonyl (C=O) groups is 2. The van der Waals surface area contributed by atoms with E-state index in [9.17, 15) is 9.59 Å². The third kappa shape index (κ3) is 4.11. The van der Waals surface area contributed by atoms with Gasteiger partial charge in [0.1, 0.15) is 0 Å². The van der Waals surface area contributed by atoms with Crippen LogP contribution in [0.25, 0.3) is 0 Å². The lowest BCUT2D eigenvalue weighted by Gasteiger charge is -2.09. The number of aromatic amines is 1. The fourth-order valence-corrected chi connectivity index (χ4v) is 2.38. The van der Waals surface area contributed by atoms with Crippen LogP contribution in [0.2, 0.25) is 0 Å². The first kappa shape index (κ1) is 16.1. The quantitative estimate of drug-likeness (QED) is 0.592. The largest absolute Gasteiger partial charge is 0.283 e. The molecule has 0 radical (unpaired) electrons. The summed E-state index contributed by atoms with van der Waals surface area (Å²) < 4.78 is 0. The second-order valence-electron chi connectivity index (χ2n) is 4.90. The zero-order chi connectivity index (χ0) is 16.1. The van der Waals surface area contributed by atoms with Crippen LogP contribution in [0.4, 0.5) is 0 Å². The fourth-order valence-electron chi connectivity index (χ4n) is 1.94. The van der Waals surface area contributed by atoms with Crippen LogP contribution in [0.3, 0.4) is 0 Å². The van der Waals surface area contributed by atoms with E-state index < -0.39 is 0 Å². The third-order valence-electron chi connectivity index (χ3n) is 3.11. The summed E-state index contributed by atoms with van der Waals surface area (Å²) in [5.74, 6) is -0.654. The minimum Gasteiger partial charge on any atom is -0.283 e. The van der Waals surface area contributed by atoms with E-state index in [-0.39, 0.29) is 18.2 Å². The van der Waals surface area contributed by atoms with Crippen LogP contribution in [0.5, 0.6) is 0 Å². The van der Waals surface area contributed by atoms with Crippen molar-refractivity contribution in [3.8, 4) is 0 Å². The number of hydrogen-bond donors (Lipinski definition) is 3. The molecule has 3 N–H and O–H groups in total. The van der Waals surface area contributed by atoms with E-state index in [1.807, 2.05) is 32.2 Å². The van der Waals surface area contributed by atoms with E-state index in [1.54, 1.807) is 23.9 Å². The van der Waals surface area contributed by atoms with Crippen molar-refractivity contribution in [2.24, 2.45) is 0 Å². The standard InChI is InChI=1S/C15H18N4O2S/c1-9-4-5-12(22-3)8-13(9)15(21)19-18-14(20)7-11-6-10(2)16-17-11/h4-6,8H,7H2,1-3H3,(H,16,17)(H,18,20)(H,19,21). The number of hydrogen-bond acceptors (Lipinski definition) is 4. The molecule has 0 fully saturated rings. The summed E-state index contributed by atoms with van der Waals surface area (Å²) in [5, 5.41) is 6.74. The molecule has 0 aliphatic carbocycles. The predicted molar refractivity (Wildman–Crippen MR) is 85.6 cm³/mol. The van der Waals surface area contributed by atoms with Crippen molar-refractivity contribution < 1.29 is 9.59 Å². The van der Waals surface area contributed by atoms with Crippen molar-refractivity contribution in [2.45, 2.75) is 25.2 Å². The molecule has 0 spiro atoms. The van der Waals surface area contributed by atoms with Gasteiger partial charge in [-0.1, -0.05) is 6.07 Å². The maximum atomic E-state index is 12.1. The molecule has 0 aliphatic rings. The SMILES string of the molecule is CSc1ccc(C)c(C(=O)NNC(=O)Cc2cc(C)[nH]n2)c1. The number of carbonyl (C=O) groups excluding carboxylic acids is 2. The van der Waals surface area contributed by atoms with E-state index >= 15 is 0 Å². The van der Waals surface area contributed by atoms with Gasteiger partial charge < -0.3 is 0 Å². The number of benzene rings is 1. The summed E-state index contributed by atoms with van der Waals surface area (Å²) in [6.45, 7) is 3.71. The second kappa shape index (κ2) is 7.13. The number of nitrogens with one attached hydrogen (secondary N) is 3. The monoisotopic (exact) mass is 318 g/mol. The van der Waals surface area contributed by atoms with Gasteiger partial charge in [-0.2, -0.15) is 5.10 Å². The first-order valence-electron chi connectivity index (χ1n) is 6.74. The van der Waals surface area contributed by atoms with Crippen molar-refractivity contribution in [1.82, 2.24) is 21.0 Å². The second-order valence-corrected chi connectivity index (χ2v) is 5.78. The van der Waals surface area contributed by atoms with Crippen LogP contribution < -0.4 is 10.9 Å². The Balaban J connectivity index is 1.93. The number of nitrogens with zero attached hydrogens (tertiary/aromatic N) is 1. The molecule has 1 heterocycles. The molecule has 2 rings (SSSR count). The van der Waals surface area contributed by atoms with Gasteiger partial charge in [0, 0.05) is 16.2 Å². The van der Waals surface area contributed by atoms with E-state index in [4.69, 9.17) is 0 Å². The molecule has 7 heteroatoms. The van der Waals surface area contributed by atoms with Gasteiger partial charge in [0.15, 0.2) is 0 Å². The zero-order valence-electron chi connectivity index (χ0n) is 12.7. The van der Waals surface area contributed by atoms with Crippen molar-refractivity contribution in [1.29, 1.82) is 0 Å². The number of H-pyrrole nitrogens is 1. The minimum atomic E-state index is -0.333. The molecule has 0 bridgehead atoms. The van der Waals surface area contributed by atoms with Crippen LogP contribution in [0.1, 0.15) is 27.3 Å². The molecule has 2 aromatic rings. The Kier molecular flexibility index (Phi) is 5.21. The number of rotatable bonds is 4. The Morgan fingerprint density at radius 2 is 2.00 bits per heavy atom. The Hall–Kier alpha value is -2.28. The summed E-state index contributed by atoms with van der Waals surface area (Å²) in [6.07, 6.45) is 2.05. The van der Waals surface area contributed by atoms with Crippen LogP contribution in [0, 0.1) is 13.8 Å². The first-order valence-corrected chi connectivity index (χ1v) is 7.97. The molecule has 6 nitrogen and oxygen atoms in total. The summed E-state index contributed by atoms with van der Waals surface area (Å²) >= 11 is 1.56. The molecule has 22 heavy (non-hydrogen) atoms. The fraction of sp³-hybridized carbons (Fsp3) is 0.267. The highest BCUT2D eigenvalue weighted by Gasteiger charge is 2.12. The lowest BCUT2D eigenvalue weighted by molar-refractivity contribution is -0.121. The van der Waals surface area contributed by atoms with Crippen molar-refractivity contribution in [3.63, 3.8) is 0 Å². The molecule has 0 atom stereocenters. The van der Waals surface area contributed by atoms with Crippen molar-refractivity contribution in [2.75, 3.05) is 6.26 Å². The molecular formula is C15H18N4O2S. The van der Waals surface area contributed by atoms with E-state index in [2.05, 4.69) is 21.0 Å². The molecule has 2 amide bonds. The van der Waals surface area contributed by atoms with Crippen LogP contribution in [0.15, 0.2) is 29.2 Å². The van der Waals surface area contributed by atoms with Gasteiger partial charge in [-0.15, -0.1) is 11.8 Å². The van der Waals surface area contributed by atoms with E-state index in [1.165, 1.54) is 0 Å². The third-order valence-corrected chi connectivity index (χ3v) is 3.83. The minimum absolute atomic E-state index is 0.106. The predicted octanol–water partition coefficient (Wildman–Crippen LogP) is 1.75. The summed E-state index contributed by atoms with van der Waals surface area (Å²) in [7, 11) is 0. The van der Waals surface area contributed by atoms with E-state index in [0.717, 1.165) is 16.2 Å². The molecule has 1 aromatic heterocycles. The van der Waals surface area contributed by atoms with Gasteiger partial charge in [0.05, 0.1) is 12.1 Å². The average Bonchev–Trinajstić information content (AvgIpc) is 2.90. The lowest BCUT2D eigenvalue weighted by Crippen LogP contribution is -2.42. The normalized spacial score (nSPS) is 10.3. The van der Waals surface area contributed by atoms with Gasteiger partial charge in [-0.3, -0.25) is 25.5 Å². The van der Waals surface area contributed by atoms with Gasteiger partial charge in [-0.05, 0) is 43.9 Å². The molecule has 0 unspecified atom stereocenters. The van der Waals surface area contributed by atoms with Gasteiger partial charge in [0.25, 0.3) is 5.91 Å². The van der Waals surface area contributed by atoms with Gasteiger partial charge >= 0.3 is 0 Å².